The summed E-state index contributed by atoms with van der Waals surface area (Å²) in [6.07, 6.45) is 0. The maximum atomic E-state index is 13.5. The molecule has 0 radical (unpaired) electrons. The minimum Gasteiger partial charge on any atom is -0.497 e. The minimum atomic E-state index is -0.362. The van der Waals surface area contributed by atoms with Crippen LogP contribution in [0.25, 0.3) is 0 Å². The summed E-state index contributed by atoms with van der Waals surface area (Å²) in [5.41, 5.74) is 0.912. The van der Waals surface area contributed by atoms with Gasteiger partial charge in [0, 0.05) is 5.56 Å². The first kappa shape index (κ1) is 13.1. The Bertz CT molecular complexity index is 582. The lowest BCUT2D eigenvalue weighted by Crippen LogP contribution is -1.90. The Hall–Kier alpha value is -2.30. The molecule has 0 aliphatic heterocycles. The van der Waals surface area contributed by atoms with Crippen LogP contribution >= 0.6 is 0 Å². The first-order valence-electron chi connectivity index (χ1n) is 5.64. The Morgan fingerprint density at radius 2 is 1.79 bits per heavy atom. The van der Waals surface area contributed by atoms with E-state index in [9.17, 15) is 8.78 Å². The van der Waals surface area contributed by atoms with Gasteiger partial charge in [0.25, 0.3) is 0 Å². The molecule has 0 atom stereocenters. The summed E-state index contributed by atoms with van der Waals surface area (Å²) in [7, 11) is 1.51. The van der Waals surface area contributed by atoms with E-state index >= 15 is 0 Å². The number of benzene rings is 2. The number of hydrogen-bond acceptors (Lipinski definition) is 3. The molecule has 19 heavy (non-hydrogen) atoms. The average molecular weight is 262 g/mol. The lowest BCUT2D eigenvalue weighted by molar-refractivity contribution is 0.412. The zero-order valence-corrected chi connectivity index (χ0v) is 10.3. The lowest BCUT2D eigenvalue weighted by Gasteiger charge is -2.03. The van der Waals surface area contributed by atoms with Gasteiger partial charge < -0.3 is 4.74 Å². The standard InChI is InChI=1S/C14H12F2N2O/c1-19-13-6-7-14(16)10(8-13)9-17-18-12-4-2-11(15)3-5-12/h2-8H,9H2,1H3. The van der Waals surface area contributed by atoms with Gasteiger partial charge in [-0.1, -0.05) is 0 Å². The molecule has 0 amide bonds. The van der Waals surface area contributed by atoms with Crippen LogP contribution in [0.15, 0.2) is 52.7 Å². The molecule has 0 saturated carbocycles. The summed E-state index contributed by atoms with van der Waals surface area (Å²) < 4.78 is 31.2. The molecule has 3 nitrogen and oxygen atoms in total. The molecule has 0 aliphatic rings. The topological polar surface area (TPSA) is 34.0 Å². The van der Waals surface area contributed by atoms with Gasteiger partial charge in [-0.25, -0.2) is 8.78 Å². The van der Waals surface area contributed by atoms with E-state index in [0.717, 1.165) is 0 Å². The highest BCUT2D eigenvalue weighted by Crippen LogP contribution is 2.18. The summed E-state index contributed by atoms with van der Waals surface area (Å²) in [6.45, 7) is 0.0976. The Morgan fingerprint density at radius 1 is 1.05 bits per heavy atom. The second-order valence-corrected chi connectivity index (χ2v) is 3.83. The van der Waals surface area contributed by atoms with Crippen molar-refractivity contribution in [3.63, 3.8) is 0 Å². The third kappa shape index (κ3) is 3.58. The van der Waals surface area contributed by atoms with Crippen molar-refractivity contribution in [3.8, 4) is 5.75 Å². The van der Waals surface area contributed by atoms with Crippen molar-refractivity contribution in [2.24, 2.45) is 10.2 Å². The zero-order valence-electron chi connectivity index (χ0n) is 10.3. The normalized spacial score (nSPS) is 10.9. The molecule has 2 aromatic carbocycles. The van der Waals surface area contributed by atoms with Gasteiger partial charge in [-0.05, 0) is 42.5 Å². The maximum absolute atomic E-state index is 13.5. The van der Waals surface area contributed by atoms with Gasteiger partial charge in [-0.15, -0.1) is 0 Å². The quantitative estimate of drug-likeness (QED) is 0.758. The van der Waals surface area contributed by atoms with Crippen molar-refractivity contribution in [2.45, 2.75) is 6.54 Å². The number of azo groups is 1. The fourth-order valence-electron chi connectivity index (χ4n) is 1.50. The van der Waals surface area contributed by atoms with E-state index in [0.29, 0.717) is 17.0 Å². The van der Waals surface area contributed by atoms with Gasteiger partial charge in [-0.3, -0.25) is 0 Å². The number of ether oxygens (including phenoxy) is 1. The van der Waals surface area contributed by atoms with Gasteiger partial charge in [0.2, 0.25) is 0 Å². The van der Waals surface area contributed by atoms with E-state index in [4.69, 9.17) is 4.74 Å². The monoisotopic (exact) mass is 262 g/mol. The molecule has 0 heterocycles. The molecule has 2 rings (SSSR count). The van der Waals surface area contributed by atoms with Crippen molar-refractivity contribution in [2.75, 3.05) is 7.11 Å². The number of methoxy groups -OCH3 is 1. The first-order valence-corrected chi connectivity index (χ1v) is 5.64. The molecule has 0 aromatic heterocycles. The number of nitrogens with zero attached hydrogens (tertiary/aromatic N) is 2. The van der Waals surface area contributed by atoms with Gasteiger partial charge in [0.15, 0.2) is 0 Å². The Kier molecular flexibility index (Phi) is 4.18. The number of rotatable bonds is 4. The molecule has 0 spiro atoms. The highest BCUT2D eigenvalue weighted by atomic mass is 19.1. The maximum Gasteiger partial charge on any atom is 0.128 e. The van der Waals surface area contributed by atoms with Crippen LogP contribution in [0.4, 0.5) is 14.5 Å². The number of halogens is 2. The highest BCUT2D eigenvalue weighted by Gasteiger charge is 2.03. The SMILES string of the molecule is COc1ccc(F)c(CN=Nc2ccc(F)cc2)c1. The second-order valence-electron chi connectivity index (χ2n) is 3.83. The van der Waals surface area contributed by atoms with Crippen molar-refractivity contribution >= 4 is 5.69 Å². The van der Waals surface area contributed by atoms with Gasteiger partial charge in [-0.2, -0.15) is 10.2 Å². The lowest BCUT2D eigenvalue weighted by atomic mass is 10.2. The zero-order chi connectivity index (χ0) is 13.7. The van der Waals surface area contributed by atoms with Crippen molar-refractivity contribution in [3.05, 3.63) is 59.7 Å². The average Bonchev–Trinajstić information content (AvgIpc) is 2.43. The van der Waals surface area contributed by atoms with Crippen molar-refractivity contribution in [1.82, 2.24) is 0 Å². The van der Waals surface area contributed by atoms with E-state index in [-0.39, 0.29) is 18.2 Å². The summed E-state index contributed by atoms with van der Waals surface area (Å²) in [5, 5.41) is 7.77. The second kappa shape index (κ2) is 6.04. The summed E-state index contributed by atoms with van der Waals surface area (Å²) >= 11 is 0. The van der Waals surface area contributed by atoms with E-state index in [2.05, 4.69) is 10.2 Å². The molecular weight excluding hydrogens is 250 g/mol. The summed E-state index contributed by atoms with van der Waals surface area (Å²) in [4.78, 5) is 0. The molecule has 0 saturated heterocycles. The van der Waals surface area contributed by atoms with E-state index in [1.807, 2.05) is 0 Å². The Balaban J connectivity index is 2.07. The Labute approximate surface area is 109 Å². The molecule has 0 N–H and O–H groups in total. The third-order valence-corrected chi connectivity index (χ3v) is 2.51. The van der Waals surface area contributed by atoms with Crippen molar-refractivity contribution in [1.29, 1.82) is 0 Å². The van der Waals surface area contributed by atoms with Crippen LogP contribution in [0.3, 0.4) is 0 Å². The van der Waals surface area contributed by atoms with Crippen LogP contribution in [-0.4, -0.2) is 7.11 Å². The molecule has 98 valence electrons. The molecule has 0 unspecified atom stereocenters. The van der Waals surface area contributed by atoms with Crippen LogP contribution in [0.2, 0.25) is 0 Å². The predicted octanol–water partition coefficient (Wildman–Crippen LogP) is 4.26. The van der Waals surface area contributed by atoms with Gasteiger partial charge in [0.05, 0.1) is 19.3 Å². The summed E-state index contributed by atoms with van der Waals surface area (Å²) in [5.74, 6) is -0.134. The highest BCUT2D eigenvalue weighted by molar-refractivity contribution is 5.35. The minimum absolute atomic E-state index is 0.0976. The van der Waals surface area contributed by atoms with Crippen molar-refractivity contribution < 1.29 is 13.5 Å². The van der Waals surface area contributed by atoms with Crippen LogP contribution in [0.5, 0.6) is 5.75 Å². The molecular formula is C14H12F2N2O. The van der Waals surface area contributed by atoms with Gasteiger partial charge in [0.1, 0.15) is 17.4 Å². The van der Waals surface area contributed by atoms with E-state index in [1.165, 1.54) is 43.5 Å². The smallest absolute Gasteiger partial charge is 0.128 e. The molecule has 0 fully saturated rings. The first-order chi connectivity index (χ1) is 9.19. The fourth-order valence-corrected chi connectivity index (χ4v) is 1.50. The van der Waals surface area contributed by atoms with E-state index in [1.54, 1.807) is 6.07 Å². The van der Waals surface area contributed by atoms with Gasteiger partial charge >= 0.3 is 0 Å². The summed E-state index contributed by atoms with van der Waals surface area (Å²) in [6, 6.07) is 10.0. The van der Waals surface area contributed by atoms with Crippen LogP contribution in [0, 0.1) is 11.6 Å². The molecule has 5 heteroatoms. The predicted molar refractivity (Wildman–Crippen MR) is 67.6 cm³/mol. The van der Waals surface area contributed by atoms with E-state index < -0.39 is 0 Å². The van der Waals surface area contributed by atoms with Crippen LogP contribution in [0.1, 0.15) is 5.56 Å². The largest absolute Gasteiger partial charge is 0.497 e. The third-order valence-electron chi connectivity index (χ3n) is 2.51. The molecule has 0 aliphatic carbocycles. The van der Waals surface area contributed by atoms with Crippen LogP contribution < -0.4 is 4.74 Å². The number of hydrogen-bond donors (Lipinski definition) is 0. The molecule has 2 aromatic rings. The van der Waals surface area contributed by atoms with Crippen LogP contribution in [-0.2, 0) is 6.54 Å². The molecule has 0 bridgehead atoms. The fraction of sp³-hybridized carbons (Fsp3) is 0.143. The Morgan fingerprint density at radius 3 is 2.47 bits per heavy atom.